The second-order valence-electron chi connectivity index (χ2n) is 5.02. The van der Waals surface area contributed by atoms with Gasteiger partial charge in [0.2, 0.25) is 0 Å². The van der Waals surface area contributed by atoms with Crippen LogP contribution >= 0.6 is 0 Å². The second-order valence-corrected chi connectivity index (χ2v) is 5.02. The highest BCUT2D eigenvalue weighted by molar-refractivity contribution is 6.00. The maximum Gasteiger partial charge on any atom is 0.0981 e. The number of nitrogens with zero attached hydrogens (tertiary/aromatic N) is 1. The third kappa shape index (κ3) is 2.69. The first-order valence-corrected chi connectivity index (χ1v) is 6.82. The van der Waals surface area contributed by atoms with Crippen molar-refractivity contribution in [2.75, 3.05) is 37.4 Å². The first-order chi connectivity index (χ1) is 9.74. The predicted octanol–water partition coefficient (Wildman–Crippen LogP) is 1.95. The summed E-state index contributed by atoms with van der Waals surface area (Å²) in [6.07, 6.45) is 1.92. The van der Waals surface area contributed by atoms with Crippen molar-refractivity contribution in [1.29, 1.82) is 0 Å². The Morgan fingerprint density at radius 2 is 2.25 bits per heavy atom. The van der Waals surface area contributed by atoms with E-state index in [1.54, 1.807) is 0 Å². The summed E-state index contributed by atoms with van der Waals surface area (Å²) >= 11 is 0. The van der Waals surface area contributed by atoms with Crippen LogP contribution in [0.5, 0.6) is 0 Å². The first kappa shape index (κ1) is 13.1. The molecule has 0 radical (unpaired) electrons. The highest BCUT2D eigenvalue weighted by atomic mass is 16.6. The van der Waals surface area contributed by atoms with E-state index < -0.39 is 0 Å². The number of hydrogen-bond donors (Lipinski definition) is 2. The molecule has 5 heteroatoms. The normalized spacial score (nSPS) is 19.1. The lowest BCUT2D eigenvalue weighted by Gasteiger charge is -2.24. The minimum absolute atomic E-state index is 0.0966. The van der Waals surface area contributed by atoms with Crippen LogP contribution in [0.2, 0.25) is 0 Å². The van der Waals surface area contributed by atoms with Crippen LogP contribution < -0.4 is 11.1 Å². The topological polar surface area (TPSA) is 69.4 Å². The maximum absolute atomic E-state index is 6.00. The van der Waals surface area contributed by atoms with Crippen molar-refractivity contribution in [3.8, 4) is 0 Å². The minimum atomic E-state index is 0.0966. The molecule has 20 heavy (non-hydrogen) atoms. The maximum atomic E-state index is 6.00. The number of hydrogen-bond acceptors (Lipinski definition) is 5. The molecule has 0 aliphatic carbocycles. The molecule has 1 aliphatic rings. The standard InChI is InChI=1S/C15H19N3O2/c1-10-6-12-13(8-17-10)14(16)2-3-15(12)18-7-11-9-19-4-5-20-11/h2-3,6,8,11,18H,4-5,7,9,16H2,1H3. The van der Waals surface area contributed by atoms with Gasteiger partial charge in [-0.2, -0.15) is 0 Å². The molecule has 106 valence electrons. The molecule has 1 aliphatic heterocycles. The molecule has 1 aromatic heterocycles. The van der Waals surface area contributed by atoms with Gasteiger partial charge in [0.05, 0.1) is 25.9 Å². The van der Waals surface area contributed by atoms with E-state index in [-0.39, 0.29) is 6.10 Å². The van der Waals surface area contributed by atoms with E-state index in [9.17, 15) is 0 Å². The third-order valence-electron chi connectivity index (χ3n) is 3.48. The zero-order valence-corrected chi connectivity index (χ0v) is 11.6. The molecule has 0 bridgehead atoms. The van der Waals surface area contributed by atoms with E-state index in [1.165, 1.54) is 0 Å². The van der Waals surface area contributed by atoms with E-state index in [2.05, 4.69) is 10.3 Å². The van der Waals surface area contributed by atoms with Gasteiger partial charge >= 0.3 is 0 Å². The van der Waals surface area contributed by atoms with E-state index in [0.29, 0.717) is 19.8 Å². The van der Waals surface area contributed by atoms with Gasteiger partial charge in [0, 0.05) is 40.6 Å². The van der Waals surface area contributed by atoms with E-state index in [1.807, 2.05) is 31.3 Å². The highest BCUT2D eigenvalue weighted by Gasteiger charge is 2.14. The molecule has 1 saturated heterocycles. The van der Waals surface area contributed by atoms with E-state index in [0.717, 1.165) is 34.4 Å². The van der Waals surface area contributed by atoms with Crippen LogP contribution in [0.4, 0.5) is 11.4 Å². The molecule has 0 saturated carbocycles. The molecule has 1 fully saturated rings. The van der Waals surface area contributed by atoms with Crippen molar-refractivity contribution >= 4 is 22.1 Å². The summed E-state index contributed by atoms with van der Waals surface area (Å²) in [6, 6.07) is 5.95. The fraction of sp³-hybridized carbons (Fsp3) is 0.400. The number of ether oxygens (including phenoxy) is 2. The van der Waals surface area contributed by atoms with Gasteiger partial charge in [0.15, 0.2) is 0 Å². The molecule has 2 heterocycles. The number of pyridine rings is 1. The Morgan fingerprint density at radius 3 is 3.05 bits per heavy atom. The fourth-order valence-corrected chi connectivity index (χ4v) is 2.40. The molecule has 5 nitrogen and oxygen atoms in total. The number of nitrogen functional groups attached to an aromatic ring is 1. The number of fused-ring (bicyclic) bond motifs is 1. The number of anilines is 2. The SMILES string of the molecule is Cc1cc2c(NCC3COCCO3)ccc(N)c2cn1. The smallest absolute Gasteiger partial charge is 0.0981 e. The highest BCUT2D eigenvalue weighted by Crippen LogP contribution is 2.28. The Kier molecular flexibility index (Phi) is 3.71. The van der Waals surface area contributed by atoms with E-state index in [4.69, 9.17) is 15.2 Å². The predicted molar refractivity (Wildman–Crippen MR) is 79.9 cm³/mol. The van der Waals surface area contributed by atoms with Crippen LogP contribution in [-0.2, 0) is 9.47 Å². The van der Waals surface area contributed by atoms with Crippen LogP contribution in [0.1, 0.15) is 5.69 Å². The lowest BCUT2D eigenvalue weighted by Crippen LogP contribution is -2.34. The molecule has 0 amide bonds. The number of aromatic nitrogens is 1. The Balaban J connectivity index is 1.83. The number of aryl methyl sites for hydroxylation is 1. The van der Waals surface area contributed by atoms with Crippen LogP contribution in [-0.4, -0.2) is 37.5 Å². The van der Waals surface area contributed by atoms with Crippen LogP contribution in [0, 0.1) is 6.92 Å². The lowest BCUT2D eigenvalue weighted by molar-refractivity contribution is -0.0818. The minimum Gasteiger partial charge on any atom is -0.398 e. The van der Waals surface area contributed by atoms with Crippen molar-refractivity contribution < 1.29 is 9.47 Å². The van der Waals surface area contributed by atoms with Crippen molar-refractivity contribution in [2.24, 2.45) is 0 Å². The third-order valence-corrected chi connectivity index (χ3v) is 3.48. The van der Waals surface area contributed by atoms with Crippen molar-refractivity contribution in [2.45, 2.75) is 13.0 Å². The number of nitrogens with two attached hydrogens (primary N) is 1. The molecule has 2 aromatic rings. The molecule has 0 spiro atoms. The number of benzene rings is 1. The zero-order valence-electron chi connectivity index (χ0n) is 11.6. The van der Waals surface area contributed by atoms with Crippen molar-refractivity contribution in [3.63, 3.8) is 0 Å². The number of nitrogens with one attached hydrogen (secondary N) is 1. The van der Waals surface area contributed by atoms with Crippen LogP contribution in [0.3, 0.4) is 0 Å². The molecule has 3 N–H and O–H groups in total. The monoisotopic (exact) mass is 273 g/mol. The quantitative estimate of drug-likeness (QED) is 0.837. The number of rotatable bonds is 3. The van der Waals surface area contributed by atoms with Gasteiger partial charge in [-0.15, -0.1) is 0 Å². The fourth-order valence-electron chi connectivity index (χ4n) is 2.40. The Bertz CT molecular complexity index is 609. The summed E-state index contributed by atoms with van der Waals surface area (Å²) in [5, 5.41) is 5.49. The van der Waals surface area contributed by atoms with Crippen molar-refractivity contribution in [1.82, 2.24) is 4.98 Å². The van der Waals surface area contributed by atoms with E-state index >= 15 is 0 Å². The molecule has 3 rings (SSSR count). The average molecular weight is 273 g/mol. The Morgan fingerprint density at radius 1 is 1.35 bits per heavy atom. The first-order valence-electron chi connectivity index (χ1n) is 6.82. The molecular weight excluding hydrogens is 254 g/mol. The van der Waals surface area contributed by atoms with Gasteiger partial charge in [0.25, 0.3) is 0 Å². The molecule has 1 unspecified atom stereocenters. The van der Waals surface area contributed by atoms with Crippen molar-refractivity contribution in [3.05, 3.63) is 30.1 Å². The second kappa shape index (κ2) is 5.64. The largest absolute Gasteiger partial charge is 0.398 e. The summed E-state index contributed by atoms with van der Waals surface area (Å²) in [7, 11) is 0. The Labute approximate surface area is 118 Å². The average Bonchev–Trinajstić information content (AvgIpc) is 2.47. The van der Waals surface area contributed by atoms with Gasteiger partial charge in [-0.3, -0.25) is 4.98 Å². The van der Waals surface area contributed by atoms with Gasteiger partial charge in [-0.05, 0) is 25.1 Å². The van der Waals surface area contributed by atoms with Crippen LogP contribution in [0.15, 0.2) is 24.4 Å². The molecular formula is C15H19N3O2. The van der Waals surface area contributed by atoms with Gasteiger partial charge < -0.3 is 20.5 Å². The lowest BCUT2D eigenvalue weighted by atomic mass is 10.1. The summed E-state index contributed by atoms with van der Waals surface area (Å²) < 4.78 is 11.0. The van der Waals surface area contributed by atoms with Gasteiger partial charge in [-0.25, -0.2) is 0 Å². The van der Waals surface area contributed by atoms with Crippen LogP contribution in [0.25, 0.3) is 10.8 Å². The van der Waals surface area contributed by atoms with Gasteiger partial charge in [-0.1, -0.05) is 0 Å². The summed E-state index contributed by atoms with van der Waals surface area (Å²) in [4.78, 5) is 4.31. The zero-order chi connectivity index (χ0) is 13.9. The summed E-state index contributed by atoms with van der Waals surface area (Å²) in [5.74, 6) is 0. The summed E-state index contributed by atoms with van der Waals surface area (Å²) in [5.41, 5.74) is 8.77. The molecule has 1 atom stereocenters. The van der Waals surface area contributed by atoms with Gasteiger partial charge in [0.1, 0.15) is 0 Å². The Hall–Kier alpha value is -1.85. The summed E-state index contributed by atoms with van der Waals surface area (Å²) in [6.45, 7) is 4.69. The molecule has 1 aromatic carbocycles.